The Hall–Kier alpha value is -0.810. The second-order valence-corrected chi connectivity index (χ2v) is 5.43. The van der Waals surface area contributed by atoms with Gasteiger partial charge in [0.25, 0.3) is 0 Å². The van der Waals surface area contributed by atoms with Crippen molar-refractivity contribution in [2.45, 2.75) is 6.04 Å². The van der Waals surface area contributed by atoms with Gasteiger partial charge in [0, 0.05) is 43.8 Å². The molecule has 4 nitrogen and oxygen atoms in total. The van der Waals surface area contributed by atoms with E-state index in [1.165, 1.54) is 0 Å². The van der Waals surface area contributed by atoms with Crippen LogP contribution in [0.4, 0.5) is 0 Å². The molecule has 106 valence electrons. The normalized spacial score (nSPS) is 21.5. The summed E-state index contributed by atoms with van der Waals surface area (Å²) >= 11 is 5.84. The van der Waals surface area contributed by atoms with Crippen molar-refractivity contribution >= 4 is 11.6 Å². The first kappa shape index (κ1) is 14.6. The van der Waals surface area contributed by atoms with Crippen molar-refractivity contribution in [2.75, 3.05) is 46.4 Å². The average Bonchev–Trinajstić information content (AvgIpc) is 2.42. The first-order valence-corrected chi connectivity index (χ1v) is 7.08. The minimum Gasteiger partial charge on any atom is -0.492 e. The Balaban J connectivity index is 1.77. The van der Waals surface area contributed by atoms with Gasteiger partial charge in [-0.3, -0.25) is 4.90 Å². The van der Waals surface area contributed by atoms with Crippen LogP contribution < -0.4 is 10.5 Å². The van der Waals surface area contributed by atoms with Crippen molar-refractivity contribution in [2.24, 2.45) is 5.73 Å². The summed E-state index contributed by atoms with van der Waals surface area (Å²) in [5.74, 6) is 0.864. The summed E-state index contributed by atoms with van der Waals surface area (Å²) in [6, 6.07) is 7.91. The number of halogens is 1. The van der Waals surface area contributed by atoms with E-state index in [1.807, 2.05) is 24.3 Å². The van der Waals surface area contributed by atoms with E-state index in [-0.39, 0.29) is 0 Å². The van der Waals surface area contributed by atoms with Gasteiger partial charge in [0.05, 0.1) is 0 Å². The van der Waals surface area contributed by atoms with E-state index in [2.05, 4.69) is 16.8 Å². The van der Waals surface area contributed by atoms with Crippen LogP contribution in [0.3, 0.4) is 0 Å². The highest BCUT2D eigenvalue weighted by molar-refractivity contribution is 6.30. The minimum atomic E-state index is 0.438. The summed E-state index contributed by atoms with van der Waals surface area (Å²) in [6.45, 7) is 5.49. The lowest BCUT2D eigenvalue weighted by Crippen LogP contribution is -2.55. The van der Waals surface area contributed by atoms with Crippen molar-refractivity contribution in [1.29, 1.82) is 0 Å². The molecule has 0 aromatic heterocycles. The van der Waals surface area contributed by atoms with E-state index in [0.29, 0.717) is 19.2 Å². The Morgan fingerprint density at radius 3 is 2.74 bits per heavy atom. The maximum Gasteiger partial charge on any atom is 0.119 e. The van der Waals surface area contributed by atoms with E-state index in [1.54, 1.807) is 0 Å². The lowest BCUT2D eigenvalue weighted by Gasteiger charge is -2.39. The van der Waals surface area contributed by atoms with Crippen LogP contribution in [0.15, 0.2) is 24.3 Å². The van der Waals surface area contributed by atoms with Crippen LogP contribution in [-0.4, -0.2) is 62.2 Å². The Morgan fingerprint density at radius 1 is 1.32 bits per heavy atom. The molecule has 0 saturated carbocycles. The van der Waals surface area contributed by atoms with Crippen molar-refractivity contribution in [3.05, 3.63) is 29.3 Å². The average molecular weight is 284 g/mol. The second-order valence-electron chi connectivity index (χ2n) is 4.99. The van der Waals surface area contributed by atoms with Gasteiger partial charge in [0.15, 0.2) is 0 Å². The lowest BCUT2D eigenvalue weighted by molar-refractivity contribution is 0.0807. The second kappa shape index (κ2) is 7.10. The number of hydrogen-bond donors (Lipinski definition) is 1. The topological polar surface area (TPSA) is 41.7 Å². The summed E-state index contributed by atoms with van der Waals surface area (Å²) in [4.78, 5) is 4.74. The number of likely N-dealkylation sites (N-methyl/N-ethyl adjacent to an activating group) is 1. The standard InChI is InChI=1S/C14H22ClN3O/c1-17-6-7-18(13(10-16)11-17)8-9-19-14-4-2-12(15)3-5-14/h2-5,13H,6-11,16H2,1H3. The van der Waals surface area contributed by atoms with E-state index >= 15 is 0 Å². The highest BCUT2D eigenvalue weighted by atomic mass is 35.5. The third-order valence-corrected chi connectivity index (χ3v) is 3.79. The number of benzene rings is 1. The largest absolute Gasteiger partial charge is 0.492 e. The number of ether oxygens (including phenoxy) is 1. The smallest absolute Gasteiger partial charge is 0.119 e. The Labute approximate surface area is 120 Å². The van der Waals surface area contributed by atoms with Crippen LogP contribution in [0.2, 0.25) is 5.02 Å². The van der Waals surface area contributed by atoms with E-state index in [0.717, 1.165) is 37.0 Å². The van der Waals surface area contributed by atoms with Crippen molar-refractivity contribution in [1.82, 2.24) is 9.80 Å². The Bertz CT molecular complexity index is 385. The van der Waals surface area contributed by atoms with Crippen molar-refractivity contribution < 1.29 is 4.74 Å². The number of hydrogen-bond acceptors (Lipinski definition) is 4. The Kier molecular flexibility index (Phi) is 5.45. The molecular weight excluding hydrogens is 262 g/mol. The molecule has 1 aromatic rings. The molecule has 0 radical (unpaired) electrons. The van der Waals surface area contributed by atoms with Gasteiger partial charge in [-0.25, -0.2) is 0 Å². The van der Waals surface area contributed by atoms with Gasteiger partial charge in [-0.1, -0.05) is 11.6 Å². The van der Waals surface area contributed by atoms with Crippen molar-refractivity contribution in [3.8, 4) is 5.75 Å². The molecular formula is C14H22ClN3O. The van der Waals surface area contributed by atoms with Crippen molar-refractivity contribution in [3.63, 3.8) is 0 Å². The fourth-order valence-electron chi connectivity index (χ4n) is 2.38. The first-order chi connectivity index (χ1) is 9.19. The molecule has 1 fully saturated rings. The van der Waals surface area contributed by atoms with Gasteiger partial charge in [-0.05, 0) is 31.3 Å². The van der Waals surface area contributed by atoms with Gasteiger partial charge >= 0.3 is 0 Å². The van der Waals surface area contributed by atoms with E-state index < -0.39 is 0 Å². The van der Waals surface area contributed by atoms with Crippen LogP contribution in [0.5, 0.6) is 5.75 Å². The van der Waals surface area contributed by atoms with Crippen LogP contribution in [0.1, 0.15) is 0 Å². The molecule has 2 N–H and O–H groups in total. The number of nitrogens with two attached hydrogens (primary N) is 1. The summed E-state index contributed by atoms with van der Waals surface area (Å²) < 4.78 is 5.73. The molecule has 1 aliphatic rings. The molecule has 1 unspecified atom stereocenters. The van der Waals surface area contributed by atoms with E-state index in [4.69, 9.17) is 22.1 Å². The highest BCUT2D eigenvalue weighted by Crippen LogP contribution is 2.15. The summed E-state index contributed by atoms with van der Waals surface area (Å²) in [6.07, 6.45) is 0. The van der Waals surface area contributed by atoms with Crippen LogP contribution in [0, 0.1) is 0 Å². The zero-order valence-corrected chi connectivity index (χ0v) is 12.1. The van der Waals surface area contributed by atoms with Gasteiger partial charge < -0.3 is 15.4 Å². The molecule has 0 bridgehead atoms. The molecule has 5 heteroatoms. The molecule has 1 aliphatic heterocycles. The zero-order valence-electron chi connectivity index (χ0n) is 11.4. The maximum absolute atomic E-state index is 5.84. The summed E-state index contributed by atoms with van der Waals surface area (Å²) in [5.41, 5.74) is 5.83. The summed E-state index contributed by atoms with van der Waals surface area (Å²) in [7, 11) is 2.14. The molecule has 0 aliphatic carbocycles. The SMILES string of the molecule is CN1CCN(CCOc2ccc(Cl)cc2)C(CN)C1. The van der Waals surface area contributed by atoms with Gasteiger partial charge in [-0.2, -0.15) is 0 Å². The van der Waals surface area contributed by atoms with Gasteiger partial charge in [0.2, 0.25) is 0 Å². The molecule has 19 heavy (non-hydrogen) atoms. The molecule has 1 saturated heterocycles. The monoisotopic (exact) mass is 283 g/mol. The van der Waals surface area contributed by atoms with E-state index in [9.17, 15) is 0 Å². The molecule has 0 spiro atoms. The maximum atomic E-state index is 5.84. The third kappa shape index (κ3) is 4.35. The predicted molar refractivity (Wildman–Crippen MR) is 78.9 cm³/mol. The molecule has 0 amide bonds. The zero-order chi connectivity index (χ0) is 13.7. The summed E-state index contributed by atoms with van der Waals surface area (Å²) in [5, 5.41) is 0.731. The third-order valence-electron chi connectivity index (χ3n) is 3.54. The molecule has 1 aromatic carbocycles. The Morgan fingerprint density at radius 2 is 2.05 bits per heavy atom. The van der Waals surface area contributed by atoms with Crippen LogP contribution >= 0.6 is 11.6 Å². The van der Waals surface area contributed by atoms with Crippen LogP contribution in [0.25, 0.3) is 0 Å². The number of rotatable bonds is 5. The fraction of sp³-hybridized carbons (Fsp3) is 0.571. The predicted octanol–water partition coefficient (Wildman–Crippen LogP) is 1.29. The quantitative estimate of drug-likeness (QED) is 0.884. The number of piperazine rings is 1. The molecule has 2 rings (SSSR count). The number of nitrogens with zero attached hydrogens (tertiary/aromatic N) is 2. The lowest BCUT2D eigenvalue weighted by atomic mass is 10.2. The van der Waals surface area contributed by atoms with Gasteiger partial charge in [0.1, 0.15) is 12.4 Å². The van der Waals surface area contributed by atoms with Crippen LogP contribution in [-0.2, 0) is 0 Å². The first-order valence-electron chi connectivity index (χ1n) is 6.70. The molecule has 1 heterocycles. The highest BCUT2D eigenvalue weighted by Gasteiger charge is 2.23. The molecule has 1 atom stereocenters. The minimum absolute atomic E-state index is 0.438. The van der Waals surface area contributed by atoms with Gasteiger partial charge in [-0.15, -0.1) is 0 Å². The fourth-order valence-corrected chi connectivity index (χ4v) is 2.50.